The quantitative estimate of drug-likeness (QED) is 0.617. The van der Waals surface area contributed by atoms with Gasteiger partial charge in [0.05, 0.1) is 6.10 Å². The predicted molar refractivity (Wildman–Crippen MR) is 73.6 cm³/mol. The van der Waals surface area contributed by atoms with Gasteiger partial charge in [-0.1, -0.05) is 19.1 Å². The fraction of sp³-hybridized carbons (Fsp3) is 0.667. The van der Waals surface area contributed by atoms with Crippen molar-refractivity contribution in [2.24, 2.45) is 11.3 Å². The highest BCUT2D eigenvalue weighted by molar-refractivity contribution is 6.19. The molecule has 2 aliphatic carbocycles. The van der Waals surface area contributed by atoms with Crippen molar-refractivity contribution in [1.82, 2.24) is 0 Å². The zero-order valence-electron chi connectivity index (χ0n) is 11.1. The summed E-state index contributed by atoms with van der Waals surface area (Å²) < 4.78 is 0. The molecule has 0 saturated heterocycles. The van der Waals surface area contributed by atoms with E-state index in [4.69, 9.17) is 11.6 Å². The molecule has 1 N–H and O–H groups in total. The third-order valence-electron chi connectivity index (χ3n) is 4.76. The van der Waals surface area contributed by atoms with Gasteiger partial charge in [0.2, 0.25) is 0 Å². The second-order valence-corrected chi connectivity index (χ2v) is 6.17. The molecule has 0 spiro atoms. The summed E-state index contributed by atoms with van der Waals surface area (Å²) in [5.74, 6) is 0.559. The fourth-order valence-electron chi connectivity index (χ4n) is 3.51. The summed E-state index contributed by atoms with van der Waals surface area (Å²) in [5, 5.41) is 10.6. The minimum Gasteiger partial charge on any atom is -0.388 e. The van der Waals surface area contributed by atoms with Crippen LogP contribution < -0.4 is 0 Å². The van der Waals surface area contributed by atoms with E-state index in [1.54, 1.807) is 0 Å². The van der Waals surface area contributed by atoms with Crippen LogP contribution in [0.1, 0.15) is 39.5 Å². The number of alkyl halides is 1. The van der Waals surface area contributed by atoms with Gasteiger partial charge in [0.1, 0.15) is 0 Å². The summed E-state index contributed by atoms with van der Waals surface area (Å²) in [6.07, 6.45) is 2.80. The summed E-state index contributed by atoms with van der Waals surface area (Å²) >= 11 is 5.83. The van der Waals surface area contributed by atoms with Crippen molar-refractivity contribution in [1.29, 1.82) is 0 Å². The highest BCUT2D eigenvalue weighted by Crippen LogP contribution is 2.51. The van der Waals surface area contributed by atoms with Gasteiger partial charge in [0, 0.05) is 18.2 Å². The maximum atomic E-state index is 11.9. The Morgan fingerprint density at radius 3 is 2.83 bits per heavy atom. The van der Waals surface area contributed by atoms with E-state index in [9.17, 15) is 9.90 Å². The molecule has 0 bridgehead atoms. The molecule has 100 valence electrons. The Morgan fingerprint density at radius 1 is 1.56 bits per heavy atom. The van der Waals surface area contributed by atoms with Crippen LogP contribution in [0.4, 0.5) is 0 Å². The standard InChI is InChI=1S/C15H21ClO2/c1-9(8-16)11-4-6-15(3)7-5-12(17)10(2)13(15)14(11)18/h11,14,18H,1,4-8H2,2-3H3/t11-,14+,15+/m0/s1. The molecule has 0 aromatic heterocycles. The Hall–Kier alpha value is -0.600. The van der Waals surface area contributed by atoms with Crippen molar-refractivity contribution in [3.63, 3.8) is 0 Å². The highest BCUT2D eigenvalue weighted by Gasteiger charge is 2.45. The van der Waals surface area contributed by atoms with E-state index in [1.807, 2.05) is 6.92 Å². The maximum Gasteiger partial charge on any atom is 0.158 e. The van der Waals surface area contributed by atoms with Gasteiger partial charge in [-0.3, -0.25) is 4.79 Å². The van der Waals surface area contributed by atoms with Crippen LogP contribution in [0.5, 0.6) is 0 Å². The molecule has 2 rings (SSSR count). The molecule has 0 heterocycles. The fourth-order valence-corrected chi connectivity index (χ4v) is 3.71. The average molecular weight is 269 g/mol. The van der Waals surface area contributed by atoms with Crippen molar-refractivity contribution >= 4 is 17.4 Å². The van der Waals surface area contributed by atoms with Gasteiger partial charge in [0.15, 0.2) is 5.78 Å². The number of fused-ring (bicyclic) bond motifs is 1. The molecule has 3 heteroatoms. The van der Waals surface area contributed by atoms with Crippen LogP contribution in [0.25, 0.3) is 0 Å². The third kappa shape index (κ3) is 2.06. The lowest BCUT2D eigenvalue weighted by molar-refractivity contribution is -0.117. The molecule has 2 nitrogen and oxygen atoms in total. The summed E-state index contributed by atoms with van der Waals surface area (Å²) in [6.45, 7) is 7.97. The molecule has 0 aromatic rings. The number of hydrogen-bond acceptors (Lipinski definition) is 2. The third-order valence-corrected chi connectivity index (χ3v) is 5.10. The summed E-state index contributed by atoms with van der Waals surface area (Å²) in [6, 6.07) is 0. The number of hydrogen-bond donors (Lipinski definition) is 1. The summed E-state index contributed by atoms with van der Waals surface area (Å²) in [7, 11) is 0. The molecular formula is C15H21ClO2. The van der Waals surface area contributed by atoms with E-state index in [2.05, 4.69) is 13.5 Å². The second-order valence-electron chi connectivity index (χ2n) is 5.90. The lowest BCUT2D eigenvalue weighted by Crippen LogP contribution is -2.43. The second kappa shape index (κ2) is 4.82. The van der Waals surface area contributed by atoms with E-state index in [0.29, 0.717) is 12.3 Å². The van der Waals surface area contributed by atoms with Crippen LogP contribution in [0, 0.1) is 11.3 Å². The van der Waals surface area contributed by atoms with Gasteiger partial charge >= 0.3 is 0 Å². The van der Waals surface area contributed by atoms with Crippen LogP contribution >= 0.6 is 11.6 Å². The molecule has 18 heavy (non-hydrogen) atoms. The number of carbonyl (C=O) groups is 1. The monoisotopic (exact) mass is 268 g/mol. The number of ketones is 1. The number of aliphatic hydroxyl groups excluding tert-OH is 1. The number of aliphatic hydroxyl groups is 1. The van der Waals surface area contributed by atoms with E-state index in [1.165, 1.54) is 0 Å². The zero-order chi connectivity index (χ0) is 13.5. The van der Waals surface area contributed by atoms with E-state index >= 15 is 0 Å². The first kappa shape index (κ1) is 13.8. The molecule has 2 aliphatic rings. The van der Waals surface area contributed by atoms with Crippen LogP contribution in [0.2, 0.25) is 0 Å². The lowest BCUT2D eigenvalue weighted by Gasteiger charge is -2.46. The van der Waals surface area contributed by atoms with E-state index < -0.39 is 6.10 Å². The van der Waals surface area contributed by atoms with Crippen molar-refractivity contribution in [3.05, 3.63) is 23.3 Å². The maximum absolute atomic E-state index is 11.9. The van der Waals surface area contributed by atoms with Gasteiger partial charge in [-0.15, -0.1) is 11.6 Å². The molecule has 0 unspecified atom stereocenters. The first-order valence-electron chi connectivity index (χ1n) is 6.57. The number of halogens is 1. The smallest absolute Gasteiger partial charge is 0.158 e. The SMILES string of the molecule is C=C(CCl)[C@@H]1CC[C@]2(C)CCC(=O)C(C)=C2[C@@H]1O. The van der Waals surface area contributed by atoms with Crippen LogP contribution in [0.3, 0.4) is 0 Å². The average Bonchev–Trinajstić information content (AvgIpc) is 2.34. The number of Topliss-reactive ketones (excluding diaryl/α,β-unsaturated/α-hetero) is 1. The van der Waals surface area contributed by atoms with Crippen LogP contribution in [0.15, 0.2) is 23.3 Å². The Labute approximate surface area is 114 Å². The van der Waals surface area contributed by atoms with Gasteiger partial charge in [-0.2, -0.15) is 0 Å². The van der Waals surface area contributed by atoms with Crippen molar-refractivity contribution in [2.45, 2.75) is 45.6 Å². The lowest BCUT2D eigenvalue weighted by atomic mass is 9.59. The molecule has 0 amide bonds. The van der Waals surface area contributed by atoms with Crippen molar-refractivity contribution < 1.29 is 9.90 Å². The predicted octanol–water partition coefficient (Wildman–Crippen LogP) is 3.24. The van der Waals surface area contributed by atoms with Crippen LogP contribution in [-0.2, 0) is 4.79 Å². The van der Waals surface area contributed by atoms with Crippen molar-refractivity contribution in [3.8, 4) is 0 Å². The Kier molecular flexibility index (Phi) is 3.70. The molecule has 0 aromatic carbocycles. The Morgan fingerprint density at radius 2 is 2.22 bits per heavy atom. The van der Waals surface area contributed by atoms with Gasteiger partial charge in [-0.25, -0.2) is 0 Å². The highest BCUT2D eigenvalue weighted by atomic mass is 35.5. The summed E-state index contributed by atoms with van der Waals surface area (Å²) in [5.41, 5.74) is 2.58. The van der Waals surface area contributed by atoms with Crippen molar-refractivity contribution in [2.75, 3.05) is 5.88 Å². The normalized spacial score (nSPS) is 36.6. The molecule has 1 saturated carbocycles. The largest absolute Gasteiger partial charge is 0.388 e. The van der Waals surface area contributed by atoms with Gasteiger partial charge in [0.25, 0.3) is 0 Å². The van der Waals surface area contributed by atoms with E-state index in [0.717, 1.165) is 36.0 Å². The number of rotatable bonds is 2. The Balaban J connectivity index is 2.41. The zero-order valence-corrected chi connectivity index (χ0v) is 11.9. The van der Waals surface area contributed by atoms with Crippen LogP contribution in [-0.4, -0.2) is 22.9 Å². The molecular weight excluding hydrogens is 248 g/mol. The van der Waals surface area contributed by atoms with Gasteiger partial charge < -0.3 is 5.11 Å². The molecule has 0 radical (unpaired) electrons. The van der Waals surface area contributed by atoms with Gasteiger partial charge in [-0.05, 0) is 42.7 Å². The number of carbonyl (C=O) groups excluding carboxylic acids is 1. The Bertz CT molecular complexity index is 424. The topological polar surface area (TPSA) is 37.3 Å². The van der Waals surface area contributed by atoms with E-state index in [-0.39, 0.29) is 17.1 Å². The number of allylic oxidation sites excluding steroid dienone is 1. The summed E-state index contributed by atoms with van der Waals surface area (Å²) in [4.78, 5) is 11.9. The first-order valence-corrected chi connectivity index (χ1v) is 7.10. The minimum atomic E-state index is -0.584. The molecule has 1 fully saturated rings. The molecule has 0 aliphatic heterocycles. The minimum absolute atomic E-state index is 0.00595. The molecule has 3 atom stereocenters. The first-order chi connectivity index (χ1) is 8.40.